The van der Waals surface area contributed by atoms with Gasteiger partial charge in [-0.25, -0.2) is 4.52 Å². The van der Waals surface area contributed by atoms with Crippen LogP contribution in [0.5, 0.6) is 0 Å². The van der Waals surface area contributed by atoms with Gasteiger partial charge in [0.15, 0.2) is 0 Å². The number of benzene rings is 1. The predicted octanol–water partition coefficient (Wildman–Crippen LogP) is 2.19. The molecule has 0 spiro atoms. The van der Waals surface area contributed by atoms with E-state index in [0.29, 0.717) is 0 Å². The van der Waals surface area contributed by atoms with Gasteiger partial charge in [-0.1, -0.05) is 29.5 Å². The van der Waals surface area contributed by atoms with Gasteiger partial charge < -0.3 is 0 Å². The smallest absolute Gasteiger partial charge is 0.0946 e. The lowest BCUT2D eigenvalue weighted by Crippen LogP contribution is -1.93. The van der Waals surface area contributed by atoms with E-state index >= 15 is 0 Å². The highest BCUT2D eigenvalue weighted by atomic mass is 15.4. The molecule has 3 rings (SSSR count). The van der Waals surface area contributed by atoms with Crippen molar-refractivity contribution in [2.75, 3.05) is 0 Å². The number of fused-ring (bicyclic) bond motifs is 3. The molecule has 0 saturated carbocycles. The zero-order valence-corrected chi connectivity index (χ0v) is 7.81. The van der Waals surface area contributed by atoms with Gasteiger partial charge in [-0.2, -0.15) is 0 Å². The van der Waals surface area contributed by atoms with E-state index in [0.717, 1.165) is 11.2 Å². The zero-order valence-electron chi connectivity index (χ0n) is 7.81. The van der Waals surface area contributed by atoms with E-state index in [2.05, 4.69) is 28.5 Å². The predicted molar refractivity (Wildman–Crippen MR) is 55.2 cm³/mol. The monoisotopic (exact) mass is 183 g/mol. The van der Waals surface area contributed by atoms with Gasteiger partial charge in [0.1, 0.15) is 0 Å². The van der Waals surface area contributed by atoms with E-state index in [-0.39, 0.29) is 0 Å². The Bertz CT molecular complexity index is 610. The fourth-order valence-corrected chi connectivity index (χ4v) is 1.82. The third kappa shape index (κ3) is 0.865. The summed E-state index contributed by atoms with van der Waals surface area (Å²) in [6, 6.07) is 10.4. The SMILES string of the molecule is Cc1cc2ccccc2c2cnnn12. The van der Waals surface area contributed by atoms with Gasteiger partial charge in [-0.3, -0.25) is 0 Å². The quantitative estimate of drug-likeness (QED) is 0.534. The lowest BCUT2D eigenvalue weighted by molar-refractivity contribution is 0.831. The Morgan fingerprint density at radius 1 is 1.21 bits per heavy atom. The van der Waals surface area contributed by atoms with Crippen molar-refractivity contribution in [3.63, 3.8) is 0 Å². The van der Waals surface area contributed by atoms with Crippen molar-refractivity contribution in [3.8, 4) is 0 Å². The summed E-state index contributed by atoms with van der Waals surface area (Å²) in [5.74, 6) is 0. The van der Waals surface area contributed by atoms with Crippen LogP contribution in [0, 0.1) is 6.92 Å². The minimum absolute atomic E-state index is 1.07. The molecule has 3 nitrogen and oxygen atoms in total. The van der Waals surface area contributed by atoms with Gasteiger partial charge in [0.2, 0.25) is 0 Å². The molecule has 0 aliphatic carbocycles. The first-order valence-corrected chi connectivity index (χ1v) is 4.55. The lowest BCUT2D eigenvalue weighted by atomic mass is 10.1. The van der Waals surface area contributed by atoms with Crippen LogP contribution in [-0.2, 0) is 0 Å². The maximum Gasteiger partial charge on any atom is 0.0946 e. The Balaban J connectivity index is 2.66. The van der Waals surface area contributed by atoms with Gasteiger partial charge in [0, 0.05) is 11.1 Å². The van der Waals surface area contributed by atoms with Crippen LogP contribution in [0.1, 0.15) is 5.69 Å². The molecule has 0 aliphatic heterocycles. The normalized spacial score (nSPS) is 11.2. The number of hydrogen-bond acceptors (Lipinski definition) is 2. The van der Waals surface area contributed by atoms with E-state index in [9.17, 15) is 0 Å². The summed E-state index contributed by atoms with van der Waals surface area (Å²) < 4.78 is 1.86. The van der Waals surface area contributed by atoms with Gasteiger partial charge in [0.05, 0.1) is 11.7 Å². The molecule has 0 radical (unpaired) electrons. The van der Waals surface area contributed by atoms with Crippen LogP contribution >= 0.6 is 0 Å². The minimum Gasteiger partial charge on any atom is -0.217 e. The van der Waals surface area contributed by atoms with Crippen molar-refractivity contribution in [3.05, 3.63) is 42.2 Å². The summed E-state index contributed by atoms with van der Waals surface area (Å²) in [5, 5.41) is 10.4. The van der Waals surface area contributed by atoms with Crippen molar-refractivity contribution in [1.29, 1.82) is 0 Å². The summed E-state index contributed by atoms with van der Waals surface area (Å²) in [7, 11) is 0. The van der Waals surface area contributed by atoms with E-state index in [1.807, 2.05) is 23.6 Å². The number of nitrogens with zero attached hydrogens (tertiary/aromatic N) is 3. The van der Waals surface area contributed by atoms with E-state index in [1.54, 1.807) is 6.20 Å². The number of pyridine rings is 1. The first-order chi connectivity index (χ1) is 6.86. The van der Waals surface area contributed by atoms with Crippen molar-refractivity contribution < 1.29 is 0 Å². The summed E-state index contributed by atoms with van der Waals surface area (Å²) in [5.41, 5.74) is 2.18. The van der Waals surface area contributed by atoms with E-state index in [4.69, 9.17) is 0 Å². The van der Waals surface area contributed by atoms with Crippen LogP contribution in [0.2, 0.25) is 0 Å². The Hall–Kier alpha value is -1.90. The standard InChI is InChI=1S/C11H9N3/c1-8-6-9-4-2-3-5-10(9)11-7-12-13-14(8)11/h2-7H,1H3. The second-order valence-electron chi connectivity index (χ2n) is 3.40. The largest absolute Gasteiger partial charge is 0.217 e. The molecule has 0 N–H and O–H groups in total. The first-order valence-electron chi connectivity index (χ1n) is 4.55. The molecule has 0 bridgehead atoms. The highest BCUT2D eigenvalue weighted by Gasteiger charge is 2.03. The highest BCUT2D eigenvalue weighted by molar-refractivity contribution is 5.95. The first kappa shape index (κ1) is 7.50. The van der Waals surface area contributed by atoms with Crippen molar-refractivity contribution >= 4 is 16.3 Å². The Morgan fingerprint density at radius 3 is 3.00 bits per heavy atom. The average Bonchev–Trinajstić information content (AvgIpc) is 2.67. The Labute approximate surface area is 81.0 Å². The molecule has 68 valence electrons. The van der Waals surface area contributed by atoms with Crippen LogP contribution in [-0.4, -0.2) is 14.8 Å². The van der Waals surface area contributed by atoms with Gasteiger partial charge in [0.25, 0.3) is 0 Å². The number of aromatic nitrogens is 3. The maximum atomic E-state index is 4.04. The highest BCUT2D eigenvalue weighted by Crippen LogP contribution is 2.20. The molecule has 0 amide bonds. The maximum absolute atomic E-state index is 4.04. The summed E-state index contributed by atoms with van der Waals surface area (Å²) in [6.45, 7) is 2.04. The van der Waals surface area contributed by atoms with Crippen LogP contribution in [0.25, 0.3) is 16.3 Å². The van der Waals surface area contributed by atoms with Crippen LogP contribution in [0.3, 0.4) is 0 Å². The zero-order chi connectivity index (χ0) is 9.54. The second kappa shape index (κ2) is 2.54. The fraction of sp³-hybridized carbons (Fsp3) is 0.0909. The Kier molecular flexibility index (Phi) is 1.36. The van der Waals surface area contributed by atoms with Gasteiger partial charge in [-0.05, 0) is 18.4 Å². The molecule has 0 atom stereocenters. The molecule has 0 fully saturated rings. The molecular formula is C11H9N3. The summed E-state index contributed by atoms with van der Waals surface area (Å²) in [4.78, 5) is 0. The number of rotatable bonds is 0. The van der Waals surface area contributed by atoms with Crippen molar-refractivity contribution in [1.82, 2.24) is 14.8 Å². The molecule has 0 unspecified atom stereocenters. The molecule has 0 saturated heterocycles. The summed E-state index contributed by atoms with van der Waals surface area (Å²) >= 11 is 0. The van der Waals surface area contributed by atoms with E-state index < -0.39 is 0 Å². The summed E-state index contributed by atoms with van der Waals surface area (Å²) in [6.07, 6.45) is 1.80. The van der Waals surface area contributed by atoms with E-state index in [1.165, 1.54) is 10.8 Å². The topological polar surface area (TPSA) is 30.2 Å². The molecule has 3 aromatic rings. The number of hydrogen-bond donors (Lipinski definition) is 0. The molecule has 2 aromatic heterocycles. The van der Waals surface area contributed by atoms with Crippen LogP contribution < -0.4 is 0 Å². The van der Waals surface area contributed by atoms with Crippen molar-refractivity contribution in [2.45, 2.75) is 6.92 Å². The Morgan fingerprint density at radius 2 is 2.07 bits per heavy atom. The molecular weight excluding hydrogens is 174 g/mol. The van der Waals surface area contributed by atoms with Crippen molar-refractivity contribution in [2.24, 2.45) is 0 Å². The lowest BCUT2D eigenvalue weighted by Gasteiger charge is -2.02. The fourth-order valence-electron chi connectivity index (χ4n) is 1.82. The third-order valence-corrected chi connectivity index (χ3v) is 2.48. The third-order valence-electron chi connectivity index (χ3n) is 2.48. The second-order valence-corrected chi connectivity index (χ2v) is 3.40. The molecule has 1 aromatic carbocycles. The van der Waals surface area contributed by atoms with Crippen LogP contribution in [0.15, 0.2) is 36.5 Å². The molecule has 2 heterocycles. The minimum atomic E-state index is 1.07. The van der Waals surface area contributed by atoms with Gasteiger partial charge >= 0.3 is 0 Å². The average molecular weight is 183 g/mol. The molecule has 0 aliphatic rings. The number of aryl methyl sites for hydroxylation is 1. The molecule has 3 heteroatoms. The van der Waals surface area contributed by atoms with Gasteiger partial charge in [-0.15, -0.1) is 5.10 Å². The molecule has 14 heavy (non-hydrogen) atoms. The van der Waals surface area contributed by atoms with Crippen LogP contribution in [0.4, 0.5) is 0 Å².